The highest BCUT2D eigenvalue weighted by Crippen LogP contribution is 2.22. The first kappa shape index (κ1) is 18.2. The van der Waals surface area contributed by atoms with Gasteiger partial charge in [-0.25, -0.2) is 0 Å². The van der Waals surface area contributed by atoms with Gasteiger partial charge in [-0.05, 0) is 25.0 Å². The predicted molar refractivity (Wildman–Crippen MR) is 95.2 cm³/mol. The monoisotopic (exact) mass is 333 g/mol. The molecule has 1 aromatic carbocycles. The zero-order chi connectivity index (χ0) is 17.5. The van der Waals surface area contributed by atoms with Crippen LogP contribution < -0.4 is 4.90 Å². The number of unbranched alkanes of at least 4 members (excludes halogenated alkanes) is 1. The average Bonchev–Trinajstić information content (AvgIpc) is 2.62. The molecular formula is C18H27N3O3. The van der Waals surface area contributed by atoms with E-state index in [1.54, 1.807) is 12.1 Å². The minimum atomic E-state index is -0.387. The van der Waals surface area contributed by atoms with Crippen LogP contribution in [-0.4, -0.2) is 41.9 Å². The van der Waals surface area contributed by atoms with Crippen molar-refractivity contribution in [1.29, 1.82) is 0 Å². The van der Waals surface area contributed by atoms with Crippen molar-refractivity contribution < 1.29 is 9.72 Å². The number of nitro benzene ring substituents is 1. The third-order valence-electron chi connectivity index (χ3n) is 4.77. The van der Waals surface area contributed by atoms with Crippen molar-refractivity contribution in [3.05, 3.63) is 34.4 Å². The van der Waals surface area contributed by atoms with E-state index < -0.39 is 0 Å². The average molecular weight is 333 g/mol. The van der Waals surface area contributed by atoms with Gasteiger partial charge in [0.15, 0.2) is 0 Å². The SMILES string of the molecule is CCCCC(CC)C(=O)N1CCN(c2ccc([N+](=O)[O-])cc2)CC1. The van der Waals surface area contributed by atoms with Crippen LogP contribution in [0.3, 0.4) is 0 Å². The Balaban J connectivity index is 1.90. The molecule has 1 aliphatic rings. The molecule has 24 heavy (non-hydrogen) atoms. The number of nitrogens with zero attached hydrogens (tertiary/aromatic N) is 3. The molecule has 0 aromatic heterocycles. The number of rotatable bonds is 7. The number of hydrogen-bond acceptors (Lipinski definition) is 4. The van der Waals surface area contributed by atoms with Crippen molar-refractivity contribution in [2.45, 2.75) is 39.5 Å². The minimum Gasteiger partial charge on any atom is -0.368 e. The summed E-state index contributed by atoms with van der Waals surface area (Å²) in [5.41, 5.74) is 1.08. The van der Waals surface area contributed by atoms with Gasteiger partial charge in [0.1, 0.15) is 0 Å². The van der Waals surface area contributed by atoms with Gasteiger partial charge in [-0.3, -0.25) is 14.9 Å². The summed E-state index contributed by atoms with van der Waals surface area (Å²) >= 11 is 0. The lowest BCUT2D eigenvalue weighted by Crippen LogP contribution is -2.50. The van der Waals surface area contributed by atoms with Crippen LogP contribution in [0.15, 0.2) is 24.3 Å². The number of non-ortho nitro benzene ring substituents is 1. The summed E-state index contributed by atoms with van der Waals surface area (Å²) in [6.07, 6.45) is 4.11. The number of carbonyl (C=O) groups excluding carboxylic acids is 1. The number of carbonyl (C=O) groups is 1. The summed E-state index contributed by atoms with van der Waals surface area (Å²) in [7, 11) is 0. The topological polar surface area (TPSA) is 66.7 Å². The smallest absolute Gasteiger partial charge is 0.269 e. The van der Waals surface area contributed by atoms with E-state index in [1.807, 2.05) is 4.90 Å². The Morgan fingerprint density at radius 1 is 1.17 bits per heavy atom. The molecule has 1 atom stereocenters. The van der Waals surface area contributed by atoms with E-state index in [0.29, 0.717) is 0 Å². The molecule has 0 saturated carbocycles. The second-order valence-electron chi connectivity index (χ2n) is 6.33. The van der Waals surface area contributed by atoms with Gasteiger partial charge in [0.2, 0.25) is 5.91 Å². The van der Waals surface area contributed by atoms with E-state index >= 15 is 0 Å². The van der Waals surface area contributed by atoms with Gasteiger partial charge in [-0.15, -0.1) is 0 Å². The largest absolute Gasteiger partial charge is 0.368 e. The van der Waals surface area contributed by atoms with E-state index in [4.69, 9.17) is 0 Å². The summed E-state index contributed by atoms with van der Waals surface area (Å²) in [6, 6.07) is 6.63. The molecule has 0 N–H and O–H groups in total. The van der Waals surface area contributed by atoms with Crippen LogP contribution in [0.2, 0.25) is 0 Å². The van der Waals surface area contributed by atoms with Gasteiger partial charge >= 0.3 is 0 Å². The second kappa shape index (κ2) is 8.66. The highest BCUT2D eigenvalue weighted by atomic mass is 16.6. The maximum atomic E-state index is 12.6. The molecule has 0 spiro atoms. The lowest BCUT2D eigenvalue weighted by Gasteiger charge is -2.37. The van der Waals surface area contributed by atoms with Crippen LogP contribution >= 0.6 is 0 Å². The minimum absolute atomic E-state index is 0.106. The third kappa shape index (κ3) is 4.46. The Kier molecular flexibility index (Phi) is 6.58. The van der Waals surface area contributed by atoms with Crippen LogP contribution in [0.5, 0.6) is 0 Å². The van der Waals surface area contributed by atoms with Gasteiger partial charge in [0, 0.05) is 49.9 Å². The summed E-state index contributed by atoms with van der Waals surface area (Å²) in [5.74, 6) is 0.435. The van der Waals surface area contributed by atoms with Gasteiger partial charge in [-0.1, -0.05) is 26.7 Å². The quantitative estimate of drug-likeness (QED) is 0.566. The maximum Gasteiger partial charge on any atom is 0.269 e. The first-order chi connectivity index (χ1) is 11.6. The molecule has 1 aliphatic heterocycles. The summed E-state index contributed by atoms with van der Waals surface area (Å²) in [6.45, 7) is 7.23. The Morgan fingerprint density at radius 2 is 1.79 bits per heavy atom. The van der Waals surface area contributed by atoms with Crippen LogP contribution in [0.25, 0.3) is 0 Å². The van der Waals surface area contributed by atoms with E-state index in [-0.39, 0.29) is 22.4 Å². The van der Waals surface area contributed by atoms with Crippen molar-refractivity contribution >= 4 is 17.3 Å². The van der Waals surface area contributed by atoms with Crippen molar-refractivity contribution in [3.8, 4) is 0 Å². The molecule has 0 aliphatic carbocycles. The molecule has 132 valence electrons. The summed E-state index contributed by atoms with van der Waals surface area (Å²) < 4.78 is 0. The Bertz CT molecular complexity index is 551. The molecule has 0 bridgehead atoms. The molecule has 0 radical (unpaired) electrons. The lowest BCUT2D eigenvalue weighted by molar-refractivity contribution is -0.384. The molecule has 1 fully saturated rings. The van der Waals surface area contributed by atoms with E-state index in [1.165, 1.54) is 12.1 Å². The number of nitro groups is 1. The van der Waals surface area contributed by atoms with E-state index in [2.05, 4.69) is 18.7 Å². The van der Waals surface area contributed by atoms with Crippen LogP contribution in [0, 0.1) is 16.0 Å². The van der Waals surface area contributed by atoms with Crippen molar-refractivity contribution in [3.63, 3.8) is 0 Å². The van der Waals surface area contributed by atoms with Crippen LogP contribution in [0.1, 0.15) is 39.5 Å². The summed E-state index contributed by atoms with van der Waals surface area (Å²) in [5, 5.41) is 10.7. The predicted octanol–water partition coefficient (Wildman–Crippen LogP) is 3.46. The van der Waals surface area contributed by atoms with Crippen LogP contribution in [-0.2, 0) is 4.79 Å². The van der Waals surface area contributed by atoms with Crippen molar-refractivity contribution in [1.82, 2.24) is 4.90 Å². The van der Waals surface area contributed by atoms with Gasteiger partial charge < -0.3 is 9.80 Å². The fourth-order valence-electron chi connectivity index (χ4n) is 3.18. The fourth-order valence-corrected chi connectivity index (χ4v) is 3.18. The normalized spacial score (nSPS) is 16.1. The number of piperazine rings is 1. The molecule has 2 rings (SSSR count). The first-order valence-electron chi connectivity index (χ1n) is 8.85. The number of benzene rings is 1. The highest BCUT2D eigenvalue weighted by Gasteiger charge is 2.26. The van der Waals surface area contributed by atoms with E-state index in [0.717, 1.165) is 57.5 Å². The zero-order valence-electron chi connectivity index (χ0n) is 14.6. The van der Waals surface area contributed by atoms with Gasteiger partial charge in [0.25, 0.3) is 5.69 Å². The molecular weight excluding hydrogens is 306 g/mol. The Morgan fingerprint density at radius 3 is 2.29 bits per heavy atom. The standard InChI is InChI=1S/C18H27N3O3/c1-3-5-6-15(4-2)18(22)20-13-11-19(12-14-20)16-7-9-17(10-8-16)21(23)24/h7-10,15H,3-6,11-14H2,1-2H3. The molecule has 1 amide bonds. The first-order valence-corrected chi connectivity index (χ1v) is 8.85. The number of amides is 1. The van der Waals surface area contributed by atoms with Gasteiger partial charge in [-0.2, -0.15) is 0 Å². The molecule has 6 heteroatoms. The molecule has 1 unspecified atom stereocenters. The van der Waals surface area contributed by atoms with Crippen molar-refractivity contribution in [2.24, 2.45) is 5.92 Å². The molecule has 6 nitrogen and oxygen atoms in total. The molecule has 1 saturated heterocycles. The highest BCUT2D eigenvalue weighted by molar-refractivity contribution is 5.79. The maximum absolute atomic E-state index is 12.6. The zero-order valence-corrected chi connectivity index (χ0v) is 14.6. The number of anilines is 1. The summed E-state index contributed by atoms with van der Waals surface area (Å²) in [4.78, 5) is 27.1. The third-order valence-corrected chi connectivity index (χ3v) is 4.77. The van der Waals surface area contributed by atoms with Gasteiger partial charge in [0.05, 0.1) is 4.92 Å². The van der Waals surface area contributed by atoms with Crippen molar-refractivity contribution in [2.75, 3.05) is 31.1 Å². The Labute approximate surface area is 143 Å². The van der Waals surface area contributed by atoms with E-state index in [9.17, 15) is 14.9 Å². The lowest BCUT2D eigenvalue weighted by atomic mass is 9.97. The van der Waals surface area contributed by atoms with Crippen LogP contribution in [0.4, 0.5) is 11.4 Å². The molecule has 1 heterocycles. The fraction of sp³-hybridized carbons (Fsp3) is 0.611. The Hall–Kier alpha value is -2.11. The molecule has 1 aromatic rings. The number of hydrogen-bond donors (Lipinski definition) is 0. The second-order valence-corrected chi connectivity index (χ2v) is 6.33.